The quantitative estimate of drug-likeness (QED) is 0.581. The smallest absolute Gasteiger partial charge is 0.328 e. The fourth-order valence-electron chi connectivity index (χ4n) is 0.818. The minimum Gasteiger partial charge on any atom is -0.478 e. The SMILES string of the molecule is CC(=CC(=O)O)CSc1n[nH]c(C)n1. The first-order valence-corrected chi connectivity index (χ1v) is 4.98. The Morgan fingerprint density at radius 3 is 2.93 bits per heavy atom. The van der Waals surface area contributed by atoms with Gasteiger partial charge in [0.2, 0.25) is 5.16 Å². The number of aromatic amines is 1. The van der Waals surface area contributed by atoms with Crippen molar-refractivity contribution < 1.29 is 9.90 Å². The number of aromatic nitrogens is 3. The summed E-state index contributed by atoms with van der Waals surface area (Å²) in [6.07, 6.45) is 1.19. The Morgan fingerprint density at radius 2 is 2.43 bits per heavy atom. The summed E-state index contributed by atoms with van der Waals surface area (Å²) < 4.78 is 0. The van der Waals surface area contributed by atoms with Crippen molar-refractivity contribution >= 4 is 17.7 Å². The number of thioether (sulfide) groups is 1. The summed E-state index contributed by atoms with van der Waals surface area (Å²) in [4.78, 5) is 14.4. The van der Waals surface area contributed by atoms with Gasteiger partial charge < -0.3 is 5.11 Å². The monoisotopic (exact) mass is 213 g/mol. The highest BCUT2D eigenvalue weighted by atomic mass is 32.2. The zero-order valence-electron chi connectivity index (χ0n) is 7.94. The molecule has 0 spiro atoms. The van der Waals surface area contributed by atoms with E-state index in [1.807, 2.05) is 6.92 Å². The molecule has 6 heteroatoms. The lowest BCUT2D eigenvalue weighted by Crippen LogP contribution is -1.92. The Morgan fingerprint density at radius 1 is 1.71 bits per heavy atom. The maximum absolute atomic E-state index is 10.3. The van der Waals surface area contributed by atoms with Gasteiger partial charge in [0.05, 0.1) is 0 Å². The van der Waals surface area contributed by atoms with E-state index in [4.69, 9.17) is 5.11 Å². The van der Waals surface area contributed by atoms with Gasteiger partial charge in [-0.1, -0.05) is 17.3 Å². The Kier molecular flexibility index (Phi) is 3.70. The van der Waals surface area contributed by atoms with Crippen LogP contribution in [0.1, 0.15) is 12.7 Å². The molecule has 0 atom stereocenters. The zero-order chi connectivity index (χ0) is 10.6. The third-order valence-corrected chi connectivity index (χ3v) is 2.42. The first-order valence-electron chi connectivity index (χ1n) is 4.00. The first-order chi connectivity index (χ1) is 6.58. The fraction of sp³-hybridized carbons (Fsp3) is 0.375. The van der Waals surface area contributed by atoms with E-state index in [1.165, 1.54) is 17.8 Å². The van der Waals surface area contributed by atoms with Crippen LogP contribution in [0.25, 0.3) is 0 Å². The van der Waals surface area contributed by atoms with E-state index in [0.717, 1.165) is 11.4 Å². The van der Waals surface area contributed by atoms with Crippen LogP contribution in [0.2, 0.25) is 0 Å². The van der Waals surface area contributed by atoms with Crippen LogP contribution < -0.4 is 0 Å². The van der Waals surface area contributed by atoms with E-state index in [-0.39, 0.29) is 0 Å². The van der Waals surface area contributed by atoms with Crippen LogP contribution in [0.4, 0.5) is 0 Å². The lowest BCUT2D eigenvalue weighted by Gasteiger charge is -1.95. The number of hydrogen-bond donors (Lipinski definition) is 2. The molecule has 1 aromatic heterocycles. The van der Waals surface area contributed by atoms with Gasteiger partial charge in [-0.25, -0.2) is 9.78 Å². The molecule has 0 radical (unpaired) electrons. The average Bonchev–Trinajstić information content (AvgIpc) is 2.47. The van der Waals surface area contributed by atoms with E-state index in [2.05, 4.69) is 15.2 Å². The summed E-state index contributed by atoms with van der Waals surface area (Å²) in [5.41, 5.74) is 0.782. The summed E-state index contributed by atoms with van der Waals surface area (Å²) >= 11 is 1.41. The van der Waals surface area contributed by atoms with Gasteiger partial charge in [0.1, 0.15) is 5.82 Å². The molecular formula is C8H11N3O2S. The molecule has 0 aliphatic rings. The number of aryl methyl sites for hydroxylation is 1. The van der Waals surface area contributed by atoms with Gasteiger partial charge >= 0.3 is 5.97 Å². The zero-order valence-corrected chi connectivity index (χ0v) is 8.76. The third kappa shape index (κ3) is 3.61. The highest BCUT2D eigenvalue weighted by molar-refractivity contribution is 7.99. The Hall–Kier alpha value is -1.30. The van der Waals surface area contributed by atoms with Gasteiger partial charge in [-0.05, 0) is 13.8 Å². The van der Waals surface area contributed by atoms with Gasteiger partial charge in [0.25, 0.3) is 0 Å². The number of H-pyrrole nitrogens is 1. The van der Waals surface area contributed by atoms with Crippen molar-refractivity contribution in [3.05, 3.63) is 17.5 Å². The summed E-state index contributed by atoms with van der Waals surface area (Å²) in [5.74, 6) is 0.422. The number of carboxylic acids is 1. The maximum atomic E-state index is 10.3. The molecule has 0 aliphatic heterocycles. The molecule has 5 nitrogen and oxygen atoms in total. The summed E-state index contributed by atoms with van der Waals surface area (Å²) in [5, 5.41) is 15.7. The number of nitrogens with one attached hydrogen (secondary N) is 1. The number of rotatable bonds is 4. The molecular weight excluding hydrogens is 202 g/mol. The molecule has 1 rings (SSSR count). The second-order valence-corrected chi connectivity index (χ2v) is 3.76. The van der Waals surface area contributed by atoms with E-state index in [0.29, 0.717) is 10.9 Å². The van der Waals surface area contributed by atoms with Crippen molar-refractivity contribution in [3.63, 3.8) is 0 Å². The number of aliphatic carboxylic acids is 1. The predicted octanol–water partition coefficient (Wildman–Crippen LogP) is 1.24. The van der Waals surface area contributed by atoms with E-state index in [9.17, 15) is 4.79 Å². The molecule has 0 saturated heterocycles. The minimum atomic E-state index is -0.922. The highest BCUT2D eigenvalue weighted by Gasteiger charge is 2.01. The highest BCUT2D eigenvalue weighted by Crippen LogP contribution is 2.15. The standard InChI is InChI=1S/C8H11N3O2S/c1-5(3-7(12)13)4-14-8-9-6(2)10-11-8/h3H,4H2,1-2H3,(H,12,13)(H,9,10,11). The lowest BCUT2D eigenvalue weighted by molar-refractivity contribution is -0.131. The van der Waals surface area contributed by atoms with E-state index < -0.39 is 5.97 Å². The molecule has 0 amide bonds. The van der Waals surface area contributed by atoms with E-state index >= 15 is 0 Å². The molecule has 14 heavy (non-hydrogen) atoms. The molecule has 76 valence electrons. The number of carbonyl (C=O) groups is 1. The Labute approximate surface area is 85.6 Å². The molecule has 0 bridgehead atoms. The third-order valence-electron chi connectivity index (χ3n) is 1.38. The van der Waals surface area contributed by atoms with Crippen molar-refractivity contribution in [1.29, 1.82) is 0 Å². The number of nitrogens with zero attached hydrogens (tertiary/aromatic N) is 2. The second kappa shape index (κ2) is 4.80. The van der Waals surface area contributed by atoms with Crippen LogP contribution in [0.3, 0.4) is 0 Å². The van der Waals surface area contributed by atoms with E-state index in [1.54, 1.807) is 6.92 Å². The topological polar surface area (TPSA) is 78.9 Å². The lowest BCUT2D eigenvalue weighted by atomic mass is 10.3. The van der Waals surface area contributed by atoms with Crippen molar-refractivity contribution in [1.82, 2.24) is 15.2 Å². The van der Waals surface area contributed by atoms with Crippen LogP contribution in [0.15, 0.2) is 16.8 Å². The van der Waals surface area contributed by atoms with Crippen LogP contribution in [0.5, 0.6) is 0 Å². The van der Waals surface area contributed by atoms with Gasteiger partial charge in [0.15, 0.2) is 0 Å². The van der Waals surface area contributed by atoms with Crippen molar-refractivity contribution in [2.75, 3.05) is 5.75 Å². The normalized spacial score (nSPS) is 11.7. The molecule has 0 aromatic carbocycles. The average molecular weight is 213 g/mol. The van der Waals surface area contributed by atoms with Gasteiger partial charge in [-0.15, -0.1) is 5.10 Å². The summed E-state index contributed by atoms with van der Waals surface area (Å²) in [6, 6.07) is 0. The summed E-state index contributed by atoms with van der Waals surface area (Å²) in [6.45, 7) is 3.58. The van der Waals surface area contributed by atoms with Crippen molar-refractivity contribution in [2.24, 2.45) is 0 Å². The molecule has 0 fully saturated rings. The van der Waals surface area contributed by atoms with Crippen LogP contribution in [0, 0.1) is 6.92 Å². The van der Waals surface area contributed by atoms with Gasteiger partial charge in [0, 0.05) is 11.8 Å². The maximum Gasteiger partial charge on any atom is 0.328 e. The van der Waals surface area contributed by atoms with Crippen molar-refractivity contribution in [3.8, 4) is 0 Å². The molecule has 2 N–H and O–H groups in total. The van der Waals surface area contributed by atoms with Crippen LogP contribution in [-0.2, 0) is 4.79 Å². The van der Waals surface area contributed by atoms with Gasteiger partial charge in [-0.2, -0.15) is 0 Å². The first kappa shape index (κ1) is 10.8. The fourth-order valence-corrected chi connectivity index (χ4v) is 1.57. The molecule has 1 aromatic rings. The minimum absolute atomic E-state index is 0.587. The largest absolute Gasteiger partial charge is 0.478 e. The van der Waals surface area contributed by atoms with Crippen LogP contribution in [-0.4, -0.2) is 32.0 Å². The second-order valence-electron chi connectivity index (χ2n) is 2.82. The number of carboxylic acid groups (broad SMARTS) is 1. The van der Waals surface area contributed by atoms with Crippen molar-refractivity contribution in [2.45, 2.75) is 19.0 Å². The predicted molar refractivity (Wildman–Crippen MR) is 53.2 cm³/mol. The molecule has 1 heterocycles. The van der Waals surface area contributed by atoms with Crippen LogP contribution >= 0.6 is 11.8 Å². The Bertz CT molecular complexity index is 359. The molecule has 0 aliphatic carbocycles. The Balaban J connectivity index is 2.45. The number of hydrogen-bond acceptors (Lipinski definition) is 4. The van der Waals surface area contributed by atoms with Gasteiger partial charge in [-0.3, -0.25) is 5.10 Å². The molecule has 0 unspecified atom stereocenters. The summed E-state index contributed by atoms with van der Waals surface area (Å²) in [7, 11) is 0. The molecule has 0 saturated carbocycles.